The van der Waals surface area contributed by atoms with Crippen molar-refractivity contribution < 1.29 is 5.11 Å². The fourth-order valence-corrected chi connectivity index (χ4v) is 8.85. The number of aliphatic hydroxyl groups is 1. The summed E-state index contributed by atoms with van der Waals surface area (Å²) in [7, 11) is 0. The van der Waals surface area contributed by atoms with Gasteiger partial charge in [0.2, 0.25) is 0 Å². The second-order valence-corrected chi connectivity index (χ2v) is 12.7. The highest BCUT2D eigenvalue weighted by molar-refractivity contribution is 5.35. The molecule has 3 saturated carbocycles. The number of terminal acetylenes is 1. The summed E-state index contributed by atoms with van der Waals surface area (Å²) in [5.74, 6) is 5.99. The Morgan fingerprint density at radius 3 is 2.59 bits per heavy atom. The standard InChI is InChI=1S/C29H46N2O/c1-7-21(10-8-9-20(2)3)23-14-16-29(31-6)25-12-11-22-19-28(30,32)18-17-26(22,4)24(25)13-15-27(23,29)5/h1,11,20-21,23-25,32H,6,8-10,12-19,30H2,2-5H3/t21-,23-,24+,25-,26+,27-,28+,29-/m1/s1. The third-order valence-electron chi connectivity index (χ3n) is 10.7. The van der Waals surface area contributed by atoms with E-state index in [0.717, 1.165) is 31.6 Å². The van der Waals surface area contributed by atoms with E-state index in [1.54, 1.807) is 0 Å². The SMILES string of the molecule is C#C[C@H](CCCC(C)C)[C@H]1CC[C@@]2(N=C)[C@@H]3CC=C4C[C@@](N)(O)CC[C@]4(C)[C@H]3CC[C@]12C. The van der Waals surface area contributed by atoms with Crippen LogP contribution in [0.1, 0.15) is 98.3 Å². The molecule has 0 spiro atoms. The molecule has 3 nitrogen and oxygen atoms in total. The molecule has 4 aliphatic rings. The summed E-state index contributed by atoms with van der Waals surface area (Å²) in [4.78, 5) is 5.05. The van der Waals surface area contributed by atoms with Gasteiger partial charge in [-0.05, 0) is 92.6 Å². The number of fused-ring (bicyclic) bond motifs is 5. The van der Waals surface area contributed by atoms with E-state index in [-0.39, 0.29) is 16.4 Å². The molecule has 0 aliphatic heterocycles. The van der Waals surface area contributed by atoms with Crippen molar-refractivity contribution in [2.45, 2.75) is 110 Å². The molecule has 0 aromatic heterocycles. The number of allylic oxidation sites excluding steroid dienone is 1. The van der Waals surface area contributed by atoms with Crippen LogP contribution in [0.15, 0.2) is 16.6 Å². The Morgan fingerprint density at radius 1 is 1.19 bits per heavy atom. The van der Waals surface area contributed by atoms with Crippen molar-refractivity contribution in [1.82, 2.24) is 0 Å². The molecule has 3 fully saturated rings. The first-order valence-electron chi connectivity index (χ1n) is 13.2. The van der Waals surface area contributed by atoms with Crippen molar-refractivity contribution in [2.24, 2.45) is 51.1 Å². The van der Waals surface area contributed by atoms with Crippen LogP contribution in [-0.4, -0.2) is 23.1 Å². The first-order chi connectivity index (χ1) is 15.0. The molecule has 4 rings (SSSR count). The molecular formula is C29H46N2O. The zero-order valence-corrected chi connectivity index (χ0v) is 21.0. The van der Waals surface area contributed by atoms with Crippen molar-refractivity contribution in [1.29, 1.82) is 0 Å². The molecule has 0 radical (unpaired) electrons. The van der Waals surface area contributed by atoms with Gasteiger partial charge in [-0.1, -0.05) is 52.2 Å². The van der Waals surface area contributed by atoms with Crippen molar-refractivity contribution in [3.63, 3.8) is 0 Å². The number of nitrogens with zero attached hydrogens (tertiary/aromatic N) is 1. The van der Waals surface area contributed by atoms with E-state index in [2.05, 4.69) is 46.4 Å². The van der Waals surface area contributed by atoms with Gasteiger partial charge in [-0.15, -0.1) is 12.3 Å². The lowest BCUT2D eigenvalue weighted by molar-refractivity contribution is -0.0826. The summed E-state index contributed by atoms with van der Waals surface area (Å²) < 4.78 is 0. The molecule has 4 aliphatic carbocycles. The summed E-state index contributed by atoms with van der Waals surface area (Å²) in [6.45, 7) is 13.8. The highest BCUT2D eigenvalue weighted by Crippen LogP contribution is 2.70. The van der Waals surface area contributed by atoms with E-state index in [0.29, 0.717) is 36.5 Å². The van der Waals surface area contributed by atoms with Crippen LogP contribution in [0.2, 0.25) is 0 Å². The van der Waals surface area contributed by atoms with E-state index < -0.39 is 5.72 Å². The minimum atomic E-state index is -1.04. The second-order valence-electron chi connectivity index (χ2n) is 12.7. The first-order valence-corrected chi connectivity index (χ1v) is 13.2. The van der Waals surface area contributed by atoms with Crippen molar-refractivity contribution in [2.75, 3.05) is 0 Å². The second kappa shape index (κ2) is 8.28. The average Bonchev–Trinajstić information content (AvgIpc) is 3.04. The van der Waals surface area contributed by atoms with Gasteiger partial charge in [0.15, 0.2) is 0 Å². The number of hydrogen-bond donors (Lipinski definition) is 2. The van der Waals surface area contributed by atoms with Crippen LogP contribution in [0.3, 0.4) is 0 Å². The van der Waals surface area contributed by atoms with Gasteiger partial charge in [0.25, 0.3) is 0 Å². The molecule has 0 bridgehead atoms. The normalized spacial score (nSPS) is 46.4. The molecule has 178 valence electrons. The Balaban J connectivity index is 1.63. The van der Waals surface area contributed by atoms with Crippen molar-refractivity contribution in [3.8, 4) is 12.3 Å². The molecule has 8 atom stereocenters. The zero-order chi connectivity index (χ0) is 23.4. The highest BCUT2D eigenvalue weighted by atomic mass is 16.3. The van der Waals surface area contributed by atoms with Crippen LogP contribution < -0.4 is 5.73 Å². The molecular weight excluding hydrogens is 392 g/mol. The molecule has 32 heavy (non-hydrogen) atoms. The lowest BCUT2D eigenvalue weighted by Crippen LogP contribution is -2.61. The predicted octanol–water partition coefficient (Wildman–Crippen LogP) is 6.11. The third kappa shape index (κ3) is 3.52. The monoisotopic (exact) mass is 438 g/mol. The van der Waals surface area contributed by atoms with E-state index in [1.807, 2.05) is 0 Å². The van der Waals surface area contributed by atoms with Crippen LogP contribution in [-0.2, 0) is 0 Å². The van der Waals surface area contributed by atoms with Gasteiger partial charge in [-0.3, -0.25) is 4.99 Å². The van der Waals surface area contributed by atoms with Gasteiger partial charge in [0.1, 0.15) is 5.72 Å². The van der Waals surface area contributed by atoms with Crippen LogP contribution in [0.4, 0.5) is 0 Å². The third-order valence-corrected chi connectivity index (χ3v) is 10.7. The fraction of sp³-hybridized carbons (Fsp3) is 0.828. The predicted molar refractivity (Wildman–Crippen MR) is 134 cm³/mol. The average molecular weight is 439 g/mol. The Hall–Kier alpha value is -1.11. The minimum absolute atomic E-state index is 0.0742. The van der Waals surface area contributed by atoms with Gasteiger partial charge < -0.3 is 10.8 Å². The quantitative estimate of drug-likeness (QED) is 0.227. The van der Waals surface area contributed by atoms with E-state index in [9.17, 15) is 5.11 Å². The summed E-state index contributed by atoms with van der Waals surface area (Å²) in [5.41, 5.74) is 6.71. The Kier molecular flexibility index (Phi) is 6.22. The lowest BCUT2D eigenvalue weighted by atomic mass is 9.44. The van der Waals surface area contributed by atoms with E-state index in [1.165, 1.54) is 37.7 Å². The van der Waals surface area contributed by atoms with E-state index in [4.69, 9.17) is 17.1 Å². The van der Waals surface area contributed by atoms with Gasteiger partial charge in [0, 0.05) is 12.3 Å². The minimum Gasteiger partial charge on any atom is -0.376 e. The van der Waals surface area contributed by atoms with Crippen LogP contribution in [0.5, 0.6) is 0 Å². The first kappa shape index (κ1) is 24.0. The van der Waals surface area contributed by atoms with Crippen molar-refractivity contribution >= 4 is 6.72 Å². The lowest BCUT2D eigenvalue weighted by Gasteiger charge is -2.62. The molecule has 0 aromatic carbocycles. The van der Waals surface area contributed by atoms with Crippen LogP contribution in [0.25, 0.3) is 0 Å². The van der Waals surface area contributed by atoms with Gasteiger partial charge in [-0.2, -0.15) is 0 Å². The maximum atomic E-state index is 10.5. The van der Waals surface area contributed by atoms with E-state index >= 15 is 0 Å². The van der Waals surface area contributed by atoms with Crippen molar-refractivity contribution in [3.05, 3.63) is 11.6 Å². The van der Waals surface area contributed by atoms with Crippen LogP contribution >= 0.6 is 0 Å². The number of hydrogen-bond acceptors (Lipinski definition) is 3. The fourth-order valence-electron chi connectivity index (χ4n) is 8.85. The Bertz CT molecular complexity index is 806. The summed E-state index contributed by atoms with van der Waals surface area (Å²) >= 11 is 0. The molecule has 0 unspecified atom stereocenters. The molecule has 0 aromatic rings. The number of aliphatic imine (C=N–C) groups is 1. The van der Waals surface area contributed by atoms with Gasteiger partial charge in [0.05, 0.1) is 5.54 Å². The number of nitrogens with two attached hydrogens (primary N) is 1. The molecule has 0 amide bonds. The molecule has 3 N–H and O–H groups in total. The largest absolute Gasteiger partial charge is 0.376 e. The molecule has 3 heteroatoms. The van der Waals surface area contributed by atoms with Gasteiger partial charge >= 0.3 is 0 Å². The summed E-state index contributed by atoms with van der Waals surface area (Å²) in [6, 6.07) is 0. The maximum Gasteiger partial charge on any atom is 0.117 e. The number of rotatable bonds is 6. The summed E-state index contributed by atoms with van der Waals surface area (Å²) in [5, 5.41) is 10.5. The van der Waals surface area contributed by atoms with Gasteiger partial charge in [-0.25, -0.2) is 0 Å². The summed E-state index contributed by atoms with van der Waals surface area (Å²) in [6.07, 6.45) is 20.3. The van der Waals surface area contributed by atoms with Crippen LogP contribution in [0, 0.1) is 52.8 Å². The topological polar surface area (TPSA) is 58.6 Å². The highest BCUT2D eigenvalue weighted by Gasteiger charge is 2.67. The Labute approximate surface area is 196 Å². The smallest absolute Gasteiger partial charge is 0.117 e. The molecule has 0 saturated heterocycles. The maximum absolute atomic E-state index is 10.5. The Morgan fingerprint density at radius 2 is 1.94 bits per heavy atom. The molecule has 0 heterocycles. The zero-order valence-electron chi connectivity index (χ0n) is 21.0.